The largest absolute Gasteiger partial charge is 0.388 e. The Morgan fingerprint density at radius 1 is 1.43 bits per heavy atom. The highest BCUT2D eigenvalue weighted by molar-refractivity contribution is 5.72. The summed E-state index contributed by atoms with van der Waals surface area (Å²) in [5.74, 6) is -0.0551. The third-order valence-corrected chi connectivity index (χ3v) is 3.33. The third-order valence-electron chi connectivity index (χ3n) is 3.33. The van der Waals surface area contributed by atoms with Crippen LogP contribution in [0.15, 0.2) is 30.5 Å². The number of carbonyl (C=O) groups excluding carboxylic acids is 1. The van der Waals surface area contributed by atoms with Gasteiger partial charge in [0.2, 0.25) is 5.91 Å². The number of aliphatic hydroxyl groups is 2. The molecule has 1 aromatic heterocycles. The molecule has 0 saturated heterocycles. The molecule has 0 aliphatic rings. The molecule has 120 valence electrons. The quantitative estimate of drug-likeness (QED) is 0.606. The topological polar surface area (TPSA) is 137 Å². The van der Waals surface area contributed by atoms with Crippen molar-refractivity contribution in [1.82, 2.24) is 15.1 Å². The van der Waals surface area contributed by atoms with Crippen molar-refractivity contribution in [3.63, 3.8) is 0 Å². The van der Waals surface area contributed by atoms with Gasteiger partial charge in [-0.1, -0.05) is 12.1 Å². The predicted molar refractivity (Wildman–Crippen MR) is 82.3 cm³/mol. The highest BCUT2D eigenvalue weighted by atomic mass is 16.3. The van der Waals surface area contributed by atoms with Crippen molar-refractivity contribution < 1.29 is 15.0 Å². The van der Waals surface area contributed by atoms with E-state index in [0.717, 1.165) is 0 Å². The Balaban J connectivity index is 2.14. The standard InChI is InChI=1S/C15H17N5O3/c1-9(21)18-8-13(22)14(23)10-2-4-12(5-3-10)20-15(17)11(6-16)7-19-20/h2-5,7,13-14,22-23H,8,17H2,1H3,(H,18,21). The molecule has 1 aromatic carbocycles. The molecule has 2 atom stereocenters. The van der Waals surface area contributed by atoms with Gasteiger partial charge in [0.05, 0.1) is 11.9 Å². The summed E-state index contributed by atoms with van der Waals surface area (Å²) in [6, 6.07) is 8.49. The Hall–Kier alpha value is -2.89. The van der Waals surface area contributed by atoms with Gasteiger partial charge < -0.3 is 21.3 Å². The number of nitrogen functional groups attached to an aromatic ring is 1. The molecule has 5 N–H and O–H groups in total. The normalized spacial score (nSPS) is 13.1. The van der Waals surface area contributed by atoms with Crippen LogP contribution in [0.3, 0.4) is 0 Å². The van der Waals surface area contributed by atoms with E-state index >= 15 is 0 Å². The number of carbonyl (C=O) groups is 1. The van der Waals surface area contributed by atoms with Crippen LogP contribution in [-0.2, 0) is 4.79 Å². The molecule has 2 rings (SSSR count). The van der Waals surface area contributed by atoms with E-state index in [1.54, 1.807) is 24.3 Å². The molecule has 0 spiro atoms. The molecule has 0 bridgehead atoms. The molecule has 1 amide bonds. The van der Waals surface area contributed by atoms with Crippen LogP contribution in [0, 0.1) is 11.3 Å². The number of nitriles is 1. The van der Waals surface area contributed by atoms with Gasteiger partial charge in [0.15, 0.2) is 0 Å². The predicted octanol–water partition coefficient (Wildman–Crippen LogP) is -0.143. The second-order valence-corrected chi connectivity index (χ2v) is 5.01. The number of hydrogen-bond acceptors (Lipinski definition) is 6. The van der Waals surface area contributed by atoms with Gasteiger partial charge >= 0.3 is 0 Å². The van der Waals surface area contributed by atoms with Crippen molar-refractivity contribution in [3.8, 4) is 11.8 Å². The first-order valence-corrected chi connectivity index (χ1v) is 6.88. The fraction of sp³-hybridized carbons (Fsp3) is 0.267. The summed E-state index contributed by atoms with van der Waals surface area (Å²) >= 11 is 0. The summed E-state index contributed by atoms with van der Waals surface area (Å²) in [5.41, 5.74) is 7.19. The van der Waals surface area contributed by atoms with Crippen LogP contribution in [0.1, 0.15) is 24.2 Å². The smallest absolute Gasteiger partial charge is 0.216 e. The Morgan fingerprint density at radius 3 is 2.61 bits per heavy atom. The SMILES string of the molecule is CC(=O)NCC(O)C(O)c1ccc(-n2ncc(C#N)c2N)cc1. The Morgan fingerprint density at radius 2 is 2.09 bits per heavy atom. The number of aliphatic hydroxyl groups excluding tert-OH is 2. The molecule has 2 aromatic rings. The van der Waals surface area contributed by atoms with Crippen LogP contribution >= 0.6 is 0 Å². The molecule has 0 aliphatic heterocycles. The van der Waals surface area contributed by atoms with Crippen molar-refractivity contribution in [2.75, 3.05) is 12.3 Å². The number of benzene rings is 1. The molecule has 2 unspecified atom stereocenters. The maximum Gasteiger partial charge on any atom is 0.216 e. The second-order valence-electron chi connectivity index (χ2n) is 5.01. The van der Waals surface area contributed by atoms with E-state index in [4.69, 9.17) is 11.0 Å². The molecule has 23 heavy (non-hydrogen) atoms. The van der Waals surface area contributed by atoms with Gasteiger partial charge in [0.25, 0.3) is 0 Å². The lowest BCUT2D eigenvalue weighted by Crippen LogP contribution is -2.34. The lowest BCUT2D eigenvalue weighted by atomic mass is 10.0. The van der Waals surface area contributed by atoms with E-state index in [0.29, 0.717) is 11.3 Å². The number of nitrogens with one attached hydrogen (secondary N) is 1. The zero-order valence-corrected chi connectivity index (χ0v) is 12.5. The molecule has 0 saturated carbocycles. The molecule has 0 radical (unpaired) electrons. The van der Waals surface area contributed by atoms with E-state index in [1.165, 1.54) is 17.8 Å². The number of nitrogens with two attached hydrogens (primary N) is 1. The Labute approximate surface area is 132 Å². The first kappa shape index (κ1) is 16.5. The first-order valence-electron chi connectivity index (χ1n) is 6.88. The summed E-state index contributed by atoms with van der Waals surface area (Å²) in [6.07, 6.45) is -0.889. The van der Waals surface area contributed by atoms with Gasteiger partial charge in [0, 0.05) is 13.5 Å². The van der Waals surface area contributed by atoms with Gasteiger partial charge in [-0.25, -0.2) is 4.68 Å². The van der Waals surface area contributed by atoms with Gasteiger partial charge in [-0.2, -0.15) is 10.4 Å². The van der Waals surface area contributed by atoms with Crippen LogP contribution in [0.25, 0.3) is 5.69 Å². The molecular formula is C15H17N5O3. The fourth-order valence-corrected chi connectivity index (χ4v) is 2.04. The highest BCUT2D eigenvalue weighted by Crippen LogP contribution is 2.21. The summed E-state index contributed by atoms with van der Waals surface area (Å²) in [4.78, 5) is 10.8. The molecule has 8 heteroatoms. The van der Waals surface area contributed by atoms with Crippen LogP contribution in [0.5, 0.6) is 0 Å². The maximum absolute atomic E-state index is 10.8. The molecular weight excluding hydrogens is 298 g/mol. The first-order chi connectivity index (χ1) is 10.9. The summed E-state index contributed by atoms with van der Waals surface area (Å²) in [6.45, 7) is 1.29. The van der Waals surface area contributed by atoms with Gasteiger partial charge in [0.1, 0.15) is 29.7 Å². The van der Waals surface area contributed by atoms with E-state index in [1.807, 2.05) is 6.07 Å². The van der Waals surface area contributed by atoms with Crippen LogP contribution in [0.4, 0.5) is 5.82 Å². The van der Waals surface area contributed by atoms with E-state index < -0.39 is 12.2 Å². The van der Waals surface area contributed by atoms with Crippen LogP contribution in [-0.4, -0.2) is 38.5 Å². The Kier molecular flexibility index (Phi) is 4.95. The average molecular weight is 315 g/mol. The molecule has 1 heterocycles. The lowest BCUT2D eigenvalue weighted by molar-refractivity contribution is -0.119. The van der Waals surface area contributed by atoms with Crippen LogP contribution in [0.2, 0.25) is 0 Å². The van der Waals surface area contributed by atoms with Crippen molar-refractivity contribution >= 4 is 11.7 Å². The maximum atomic E-state index is 10.8. The fourth-order valence-electron chi connectivity index (χ4n) is 2.04. The molecule has 0 aliphatic carbocycles. The highest BCUT2D eigenvalue weighted by Gasteiger charge is 2.19. The number of nitrogens with zero attached hydrogens (tertiary/aromatic N) is 3. The monoisotopic (exact) mass is 315 g/mol. The number of amides is 1. The molecule has 0 fully saturated rings. The number of aromatic nitrogens is 2. The van der Waals surface area contributed by atoms with Crippen molar-refractivity contribution in [1.29, 1.82) is 5.26 Å². The van der Waals surface area contributed by atoms with E-state index in [2.05, 4.69) is 10.4 Å². The average Bonchev–Trinajstić information content (AvgIpc) is 2.92. The summed E-state index contributed by atoms with van der Waals surface area (Å²) in [5, 5.41) is 35.3. The number of rotatable bonds is 5. The van der Waals surface area contributed by atoms with Gasteiger partial charge in [-0.05, 0) is 17.7 Å². The van der Waals surface area contributed by atoms with Gasteiger partial charge in [-0.15, -0.1) is 0 Å². The third kappa shape index (κ3) is 3.66. The zero-order chi connectivity index (χ0) is 17.0. The second kappa shape index (κ2) is 6.91. The minimum absolute atomic E-state index is 0.0457. The van der Waals surface area contributed by atoms with Crippen LogP contribution < -0.4 is 11.1 Å². The van der Waals surface area contributed by atoms with E-state index in [-0.39, 0.29) is 23.8 Å². The van der Waals surface area contributed by atoms with Crippen molar-refractivity contribution in [3.05, 3.63) is 41.6 Å². The summed E-state index contributed by atoms with van der Waals surface area (Å²) in [7, 11) is 0. The Bertz CT molecular complexity index is 733. The zero-order valence-electron chi connectivity index (χ0n) is 12.5. The lowest BCUT2D eigenvalue weighted by Gasteiger charge is -2.18. The number of hydrogen-bond donors (Lipinski definition) is 4. The minimum Gasteiger partial charge on any atom is -0.388 e. The summed E-state index contributed by atoms with van der Waals surface area (Å²) < 4.78 is 1.41. The number of anilines is 1. The molecule has 8 nitrogen and oxygen atoms in total. The minimum atomic E-state index is -1.14. The van der Waals surface area contributed by atoms with E-state index in [9.17, 15) is 15.0 Å². The van der Waals surface area contributed by atoms with Crippen molar-refractivity contribution in [2.45, 2.75) is 19.1 Å². The van der Waals surface area contributed by atoms with Gasteiger partial charge in [-0.3, -0.25) is 4.79 Å². The van der Waals surface area contributed by atoms with Crippen molar-refractivity contribution in [2.24, 2.45) is 0 Å².